The Morgan fingerprint density at radius 1 is 1.00 bits per heavy atom. The van der Waals surface area contributed by atoms with Gasteiger partial charge in [0.05, 0.1) is 22.8 Å². The van der Waals surface area contributed by atoms with Crippen molar-refractivity contribution in [2.24, 2.45) is 0 Å². The highest BCUT2D eigenvalue weighted by Crippen LogP contribution is 2.38. The Bertz CT molecular complexity index is 1820. The number of piperazine rings is 1. The summed E-state index contributed by atoms with van der Waals surface area (Å²) in [5, 5.41) is 9.20. The minimum Gasteiger partial charge on any atom is -0.478 e. The zero-order valence-corrected chi connectivity index (χ0v) is 25.1. The number of aromatic nitrogens is 2. The van der Waals surface area contributed by atoms with Crippen LogP contribution in [0.15, 0.2) is 73.2 Å². The number of nitrogens with zero attached hydrogens (tertiary/aromatic N) is 5. The van der Waals surface area contributed by atoms with Crippen LogP contribution in [0.5, 0.6) is 0 Å². The van der Waals surface area contributed by atoms with Gasteiger partial charge in [-0.05, 0) is 53.4 Å². The monoisotopic (exact) mass is 629 g/mol. The molecule has 1 aromatic heterocycles. The summed E-state index contributed by atoms with van der Waals surface area (Å²) < 4.78 is 16.1. The van der Waals surface area contributed by atoms with Crippen molar-refractivity contribution >= 4 is 40.9 Å². The SMILES string of the molecule is CN1CCN(c2cccc3c2CCN(C(=O)c2cn(-c4cccc(Cl)c4F)cn2)C3C(=O)Cc2ccc(C(=O)O)cc2)CC1=O. The third-order valence-corrected chi connectivity index (χ3v) is 8.64. The molecule has 0 bridgehead atoms. The topological polar surface area (TPSA) is 116 Å². The van der Waals surface area contributed by atoms with E-state index in [2.05, 4.69) is 4.98 Å². The van der Waals surface area contributed by atoms with E-state index in [0.717, 1.165) is 11.3 Å². The smallest absolute Gasteiger partial charge is 0.335 e. The Kier molecular flexibility index (Phi) is 8.11. The molecule has 1 atom stereocenters. The lowest BCUT2D eigenvalue weighted by molar-refractivity contribution is -0.129. The summed E-state index contributed by atoms with van der Waals surface area (Å²) in [7, 11) is 1.77. The summed E-state index contributed by atoms with van der Waals surface area (Å²) in [6, 6.07) is 15.2. The van der Waals surface area contributed by atoms with Crippen molar-refractivity contribution < 1.29 is 28.7 Å². The van der Waals surface area contributed by atoms with Crippen LogP contribution in [-0.4, -0.2) is 81.3 Å². The largest absolute Gasteiger partial charge is 0.478 e. The molecule has 4 aromatic rings. The van der Waals surface area contributed by atoms with Crippen LogP contribution in [0.4, 0.5) is 10.1 Å². The Hall–Kier alpha value is -5.03. The number of imidazole rings is 1. The fourth-order valence-corrected chi connectivity index (χ4v) is 6.11. The van der Waals surface area contributed by atoms with E-state index >= 15 is 0 Å². The van der Waals surface area contributed by atoms with Crippen LogP contribution >= 0.6 is 11.6 Å². The fourth-order valence-electron chi connectivity index (χ4n) is 5.94. The van der Waals surface area contributed by atoms with E-state index in [9.17, 15) is 28.7 Å². The Morgan fingerprint density at radius 3 is 2.47 bits per heavy atom. The lowest BCUT2D eigenvalue weighted by Crippen LogP contribution is -2.49. The normalized spacial score (nSPS) is 16.5. The van der Waals surface area contributed by atoms with Crippen LogP contribution in [0.3, 0.4) is 0 Å². The standard InChI is InChI=1S/C33H29ClFN5O5/c1-37-14-15-38(18-29(37)42)26-6-2-4-23-22(26)12-13-40(31(23)28(41)16-20-8-10-21(11-9-20)33(44)45)32(43)25-17-39(19-36-25)27-7-3-5-24(34)30(27)35/h2-11,17,19,31H,12-16,18H2,1H3,(H,44,45). The predicted molar refractivity (Wildman–Crippen MR) is 164 cm³/mol. The second kappa shape index (κ2) is 12.2. The number of carbonyl (C=O) groups is 4. The maximum absolute atomic E-state index is 14.7. The van der Waals surface area contributed by atoms with Crippen LogP contribution in [0.25, 0.3) is 5.69 Å². The van der Waals surface area contributed by atoms with Gasteiger partial charge in [-0.3, -0.25) is 14.4 Å². The molecule has 230 valence electrons. The van der Waals surface area contributed by atoms with Gasteiger partial charge in [0.25, 0.3) is 5.91 Å². The van der Waals surface area contributed by atoms with Gasteiger partial charge in [0.1, 0.15) is 18.1 Å². The van der Waals surface area contributed by atoms with Crippen molar-refractivity contribution in [2.75, 3.05) is 38.1 Å². The first kappa shape index (κ1) is 30.0. The number of anilines is 1. The molecule has 6 rings (SSSR count). The summed E-state index contributed by atoms with van der Waals surface area (Å²) >= 11 is 5.96. The summed E-state index contributed by atoms with van der Waals surface area (Å²) in [6.45, 7) is 1.62. The third kappa shape index (κ3) is 5.78. The van der Waals surface area contributed by atoms with E-state index in [1.165, 1.54) is 46.3 Å². The average molecular weight is 630 g/mol. The first-order valence-corrected chi connectivity index (χ1v) is 14.7. The van der Waals surface area contributed by atoms with Gasteiger partial charge in [-0.25, -0.2) is 14.2 Å². The van der Waals surface area contributed by atoms with E-state index in [1.807, 2.05) is 23.1 Å². The molecule has 2 amide bonds. The van der Waals surface area contributed by atoms with Gasteiger partial charge in [-0.2, -0.15) is 0 Å². The summed E-state index contributed by atoms with van der Waals surface area (Å²) in [4.78, 5) is 61.4. The number of rotatable bonds is 7. The highest BCUT2D eigenvalue weighted by atomic mass is 35.5. The number of amides is 2. The van der Waals surface area contributed by atoms with E-state index < -0.39 is 23.7 Å². The third-order valence-electron chi connectivity index (χ3n) is 8.35. The molecule has 2 aliphatic rings. The number of hydrogen-bond acceptors (Lipinski definition) is 6. The molecule has 2 aliphatic heterocycles. The van der Waals surface area contributed by atoms with Crippen molar-refractivity contribution in [3.63, 3.8) is 0 Å². The number of carboxylic acid groups (broad SMARTS) is 1. The van der Waals surface area contributed by atoms with E-state index in [0.29, 0.717) is 30.6 Å². The van der Waals surface area contributed by atoms with Gasteiger partial charge < -0.3 is 24.4 Å². The minimum atomic E-state index is -1.07. The number of carbonyl (C=O) groups excluding carboxylic acids is 3. The van der Waals surface area contributed by atoms with Crippen LogP contribution in [-0.2, 0) is 22.4 Å². The van der Waals surface area contributed by atoms with Crippen LogP contribution in [0, 0.1) is 5.82 Å². The summed E-state index contributed by atoms with van der Waals surface area (Å²) in [6.07, 6.45) is 3.12. The van der Waals surface area contributed by atoms with Crippen LogP contribution in [0.2, 0.25) is 5.02 Å². The van der Waals surface area contributed by atoms with Crippen molar-refractivity contribution in [1.82, 2.24) is 19.4 Å². The average Bonchev–Trinajstić information content (AvgIpc) is 3.53. The van der Waals surface area contributed by atoms with Crippen molar-refractivity contribution in [3.05, 3.63) is 112 Å². The molecular weight excluding hydrogens is 601 g/mol. The molecule has 1 fully saturated rings. The number of hydrogen-bond donors (Lipinski definition) is 1. The van der Waals surface area contributed by atoms with Gasteiger partial charge in [0.2, 0.25) is 5.91 Å². The van der Waals surface area contributed by atoms with Crippen molar-refractivity contribution in [3.8, 4) is 5.69 Å². The van der Waals surface area contributed by atoms with Gasteiger partial charge in [-0.1, -0.05) is 41.9 Å². The summed E-state index contributed by atoms with van der Waals surface area (Å²) in [5.41, 5.74) is 3.26. The molecule has 10 nitrogen and oxygen atoms in total. The van der Waals surface area contributed by atoms with Gasteiger partial charge in [-0.15, -0.1) is 0 Å². The lowest BCUT2D eigenvalue weighted by atomic mass is 9.86. The Morgan fingerprint density at radius 2 is 1.73 bits per heavy atom. The molecule has 3 heterocycles. The molecule has 0 radical (unpaired) electrons. The minimum absolute atomic E-state index is 0.00405. The zero-order valence-electron chi connectivity index (χ0n) is 24.3. The number of Topliss-reactive ketones (excluding diaryl/α,β-unsaturated/α-hetero) is 1. The number of halogens is 2. The fraction of sp³-hybridized carbons (Fsp3) is 0.242. The van der Waals surface area contributed by atoms with E-state index in [4.69, 9.17) is 11.6 Å². The molecule has 12 heteroatoms. The molecule has 45 heavy (non-hydrogen) atoms. The number of aromatic carboxylic acids is 1. The maximum atomic E-state index is 14.7. The summed E-state index contributed by atoms with van der Waals surface area (Å²) in [5.74, 6) is -2.49. The molecule has 1 unspecified atom stereocenters. The maximum Gasteiger partial charge on any atom is 0.335 e. The van der Waals surface area contributed by atoms with Gasteiger partial charge in [0, 0.05) is 45.0 Å². The zero-order chi connectivity index (χ0) is 31.8. The molecule has 3 aromatic carbocycles. The van der Waals surface area contributed by atoms with Crippen LogP contribution < -0.4 is 4.90 Å². The predicted octanol–water partition coefficient (Wildman–Crippen LogP) is 4.19. The number of benzene rings is 3. The molecular formula is C33H29ClFN5O5. The molecule has 1 N–H and O–H groups in total. The molecule has 0 spiro atoms. The number of ketones is 1. The van der Waals surface area contributed by atoms with E-state index in [-0.39, 0.29) is 53.2 Å². The van der Waals surface area contributed by atoms with Crippen molar-refractivity contribution in [1.29, 1.82) is 0 Å². The lowest BCUT2D eigenvalue weighted by Gasteiger charge is -2.40. The first-order valence-electron chi connectivity index (χ1n) is 14.4. The number of fused-ring (bicyclic) bond motifs is 1. The molecule has 0 saturated carbocycles. The Balaban J connectivity index is 1.36. The van der Waals surface area contributed by atoms with Crippen molar-refractivity contribution in [2.45, 2.75) is 18.9 Å². The van der Waals surface area contributed by atoms with E-state index in [1.54, 1.807) is 30.1 Å². The van der Waals surface area contributed by atoms with Crippen LogP contribution in [0.1, 0.15) is 43.6 Å². The number of carboxylic acids is 1. The molecule has 1 saturated heterocycles. The highest BCUT2D eigenvalue weighted by Gasteiger charge is 2.38. The molecule has 0 aliphatic carbocycles. The van der Waals surface area contributed by atoms with Gasteiger partial charge >= 0.3 is 5.97 Å². The first-order chi connectivity index (χ1) is 21.6. The second-order valence-electron chi connectivity index (χ2n) is 11.1. The number of likely N-dealkylation sites (N-methyl/N-ethyl adjacent to an activating group) is 1. The quantitative estimate of drug-likeness (QED) is 0.326. The Labute approximate surface area is 263 Å². The second-order valence-corrected chi connectivity index (χ2v) is 11.5. The highest BCUT2D eigenvalue weighted by molar-refractivity contribution is 6.30. The van der Waals surface area contributed by atoms with Gasteiger partial charge in [0.15, 0.2) is 11.6 Å².